The van der Waals surface area contributed by atoms with Crippen LogP contribution < -0.4 is 5.32 Å². The van der Waals surface area contributed by atoms with Crippen molar-refractivity contribution in [3.63, 3.8) is 0 Å². The van der Waals surface area contributed by atoms with Crippen LogP contribution in [-0.4, -0.2) is 10.9 Å². The van der Waals surface area contributed by atoms with Crippen LogP contribution in [0.3, 0.4) is 0 Å². The predicted octanol–water partition coefficient (Wildman–Crippen LogP) is 3.79. The number of carbonyl (C=O) groups is 1. The molecule has 0 aliphatic carbocycles. The highest BCUT2D eigenvalue weighted by atomic mass is 16.3. The van der Waals surface area contributed by atoms with Crippen molar-refractivity contribution in [2.24, 2.45) is 0 Å². The van der Waals surface area contributed by atoms with Gasteiger partial charge in [0.2, 0.25) is 5.91 Å². The van der Waals surface area contributed by atoms with Crippen LogP contribution in [0.2, 0.25) is 0 Å². The summed E-state index contributed by atoms with van der Waals surface area (Å²) < 4.78 is 5.38. The van der Waals surface area contributed by atoms with Crippen molar-refractivity contribution in [1.29, 1.82) is 0 Å². The monoisotopic (exact) mass is 278 g/mol. The summed E-state index contributed by atoms with van der Waals surface area (Å²) in [5.41, 5.74) is 1.59. The van der Waals surface area contributed by atoms with E-state index in [-0.39, 0.29) is 5.91 Å². The Bertz CT molecular complexity index is 813. The lowest BCUT2D eigenvalue weighted by Gasteiger charge is -2.05. The minimum atomic E-state index is -0.208. The number of aryl methyl sites for hydroxylation is 1. The average molecular weight is 278 g/mol. The maximum atomic E-state index is 12.0. The van der Waals surface area contributed by atoms with E-state index in [0.717, 1.165) is 22.4 Å². The summed E-state index contributed by atoms with van der Waals surface area (Å²) in [4.78, 5) is 16.2. The smallest absolute Gasteiger partial charge is 0.248 e. The van der Waals surface area contributed by atoms with Crippen LogP contribution in [0, 0.1) is 6.92 Å². The molecule has 0 atom stereocenters. The molecule has 21 heavy (non-hydrogen) atoms. The first-order chi connectivity index (χ1) is 10.2. The van der Waals surface area contributed by atoms with Crippen LogP contribution in [-0.2, 0) is 4.79 Å². The van der Waals surface area contributed by atoms with Gasteiger partial charge < -0.3 is 9.73 Å². The number of hydrogen-bond acceptors (Lipinski definition) is 3. The molecule has 3 rings (SSSR count). The Labute approximate surface area is 122 Å². The molecule has 1 aromatic carbocycles. The third kappa shape index (κ3) is 3.00. The maximum absolute atomic E-state index is 12.0. The van der Waals surface area contributed by atoms with E-state index in [4.69, 9.17) is 4.42 Å². The molecule has 0 saturated heterocycles. The number of rotatable bonds is 3. The molecular formula is C17H14N2O2. The molecule has 2 aromatic heterocycles. The summed E-state index contributed by atoms with van der Waals surface area (Å²) in [5, 5.41) is 3.77. The van der Waals surface area contributed by atoms with Crippen LogP contribution in [0.25, 0.3) is 17.0 Å². The van der Waals surface area contributed by atoms with E-state index in [1.807, 2.05) is 49.4 Å². The average Bonchev–Trinajstić information content (AvgIpc) is 2.91. The first-order valence-corrected chi connectivity index (χ1v) is 6.61. The number of carbonyl (C=O) groups excluding carboxylic acids is 1. The summed E-state index contributed by atoms with van der Waals surface area (Å²) in [6, 6.07) is 13.1. The molecule has 1 amide bonds. The zero-order valence-corrected chi connectivity index (χ0v) is 11.5. The van der Waals surface area contributed by atoms with Gasteiger partial charge in [0.1, 0.15) is 11.5 Å². The molecule has 0 aliphatic rings. The fraction of sp³-hybridized carbons (Fsp3) is 0.0588. The number of furan rings is 1. The van der Waals surface area contributed by atoms with Gasteiger partial charge in [0.15, 0.2) is 0 Å². The molecular weight excluding hydrogens is 264 g/mol. The second-order valence-corrected chi connectivity index (χ2v) is 4.65. The standard InChI is InChI=1S/C17H14N2O2/c1-12-7-8-13(21-12)9-10-17(20)19-16-6-2-5-15-14(16)4-3-11-18-15/h2-11H,1H3,(H,19,20). The van der Waals surface area contributed by atoms with Gasteiger partial charge in [-0.2, -0.15) is 0 Å². The lowest BCUT2D eigenvalue weighted by molar-refractivity contribution is -0.111. The van der Waals surface area contributed by atoms with E-state index in [1.165, 1.54) is 6.08 Å². The molecule has 0 fully saturated rings. The van der Waals surface area contributed by atoms with Gasteiger partial charge in [-0.15, -0.1) is 0 Å². The van der Waals surface area contributed by atoms with Crippen LogP contribution in [0.15, 0.2) is 59.2 Å². The molecule has 2 heterocycles. The molecule has 0 unspecified atom stereocenters. The Morgan fingerprint density at radius 1 is 1.19 bits per heavy atom. The third-order valence-corrected chi connectivity index (χ3v) is 3.06. The molecule has 4 nitrogen and oxygen atoms in total. The Balaban J connectivity index is 1.79. The molecule has 0 saturated carbocycles. The van der Waals surface area contributed by atoms with Crippen LogP contribution in [0.4, 0.5) is 5.69 Å². The second kappa shape index (κ2) is 5.63. The number of benzene rings is 1. The van der Waals surface area contributed by atoms with Crippen molar-refractivity contribution in [2.75, 3.05) is 5.32 Å². The Morgan fingerprint density at radius 3 is 2.90 bits per heavy atom. The van der Waals surface area contributed by atoms with Gasteiger partial charge in [-0.05, 0) is 49.4 Å². The molecule has 0 spiro atoms. The minimum absolute atomic E-state index is 0.208. The van der Waals surface area contributed by atoms with Gasteiger partial charge in [-0.1, -0.05) is 6.07 Å². The summed E-state index contributed by atoms with van der Waals surface area (Å²) >= 11 is 0. The zero-order chi connectivity index (χ0) is 14.7. The van der Waals surface area contributed by atoms with Crippen molar-refractivity contribution in [1.82, 2.24) is 4.98 Å². The van der Waals surface area contributed by atoms with E-state index in [9.17, 15) is 4.79 Å². The number of nitrogens with zero attached hydrogens (tertiary/aromatic N) is 1. The van der Waals surface area contributed by atoms with Crippen molar-refractivity contribution >= 4 is 28.6 Å². The molecule has 0 bridgehead atoms. The fourth-order valence-electron chi connectivity index (χ4n) is 2.09. The van der Waals surface area contributed by atoms with E-state index < -0.39 is 0 Å². The molecule has 1 N–H and O–H groups in total. The number of hydrogen-bond donors (Lipinski definition) is 1. The first-order valence-electron chi connectivity index (χ1n) is 6.61. The number of aromatic nitrogens is 1. The van der Waals surface area contributed by atoms with Gasteiger partial charge in [0.25, 0.3) is 0 Å². The third-order valence-electron chi connectivity index (χ3n) is 3.06. The van der Waals surface area contributed by atoms with Crippen LogP contribution in [0.1, 0.15) is 11.5 Å². The number of fused-ring (bicyclic) bond motifs is 1. The van der Waals surface area contributed by atoms with Gasteiger partial charge in [0.05, 0.1) is 11.2 Å². The van der Waals surface area contributed by atoms with E-state index in [2.05, 4.69) is 10.3 Å². The van der Waals surface area contributed by atoms with Gasteiger partial charge in [0, 0.05) is 17.7 Å². The van der Waals surface area contributed by atoms with Crippen molar-refractivity contribution in [3.8, 4) is 0 Å². The number of nitrogens with one attached hydrogen (secondary N) is 1. The van der Waals surface area contributed by atoms with Gasteiger partial charge in [-0.25, -0.2) is 0 Å². The van der Waals surface area contributed by atoms with Gasteiger partial charge >= 0.3 is 0 Å². The zero-order valence-electron chi connectivity index (χ0n) is 11.5. The van der Waals surface area contributed by atoms with Crippen molar-refractivity contribution in [2.45, 2.75) is 6.92 Å². The minimum Gasteiger partial charge on any atom is -0.462 e. The van der Waals surface area contributed by atoms with Crippen molar-refractivity contribution < 1.29 is 9.21 Å². The Kier molecular flexibility index (Phi) is 3.51. The fourth-order valence-corrected chi connectivity index (χ4v) is 2.09. The Morgan fingerprint density at radius 2 is 2.10 bits per heavy atom. The van der Waals surface area contributed by atoms with E-state index >= 15 is 0 Å². The molecule has 0 aliphatic heterocycles. The molecule has 4 heteroatoms. The second-order valence-electron chi connectivity index (χ2n) is 4.65. The van der Waals surface area contributed by atoms with Crippen molar-refractivity contribution in [3.05, 3.63) is 66.3 Å². The number of anilines is 1. The lowest BCUT2D eigenvalue weighted by atomic mass is 10.2. The van der Waals surface area contributed by atoms with E-state index in [0.29, 0.717) is 5.76 Å². The topological polar surface area (TPSA) is 55.1 Å². The summed E-state index contributed by atoms with van der Waals surface area (Å²) in [5.74, 6) is 1.26. The largest absolute Gasteiger partial charge is 0.462 e. The SMILES string of the molecule is Cc1ccc(C=CC(=O)Nc2cccc3ncccc23)o1. The Hall–Kier alpha value is -2.88. The summed E-state index contributed by atoms with van der Waals surface area (Å²) in [6.45, 7) is 1.86. The first kappa shape index (κ1) is 13.1. The molecule has 0 radical (unpaired) electrons. The predicted molar refractivity (Wildman–Crippen MR) is 82.9 cm³/mol. The summed E-state index contributed by atoms with van der Waals surface area (Å²) in [7, 11) is 0. The molecule has 104 valence electrons. The summed E-state index contributed by atoms with van der Waals surface area (Å²) in [6.07, 6.45) is 4.83. The number of pyridine rings is 1. The highest BCUT2D eigenvalue weighted by Crippen LogP contribution is 2.21. The van der Waals surface area contributed by atoms with Crippen LogP contribution in [0.5, 0.6) is 0 Å². The van der Waals surface area contributed by atoms with Gasteiger partial charge in [-0.3, -0.25) is 9.78 Å². The highest BCUT2D eigenvalue weighted by Gasteiger charge is 2.03. The normalized spacial score (nSPS) is 11.1. The lowest BCUT2D eigenvalue weighted by Crippen LogP contribution is -2.08. The van der Waals surface area contributed by atoms with E-state index in [1.54, 1.807) is 12.3 Å². The quantitative estimate of drug-likeness (QED) is 0.742. The van der Waals surface area contributed by atoms with Crippen LogP contribution >= 0.6 is 0 Å². The highest BCUT2D eigenvalue weighted by molar-refractivity contribution is 6.06. The maximum Gasteiger partial charge on any atom is 0.248 e. The number of amides is 1. The molecule has 3 aromatic rings.